The van der Waals surface area contributed by atoms with Crippen LogP contribution in [0.2, 0.25) is 0 Å². The van der Waals surface area contributed by atoms with Gasteiger partial charge in [-0.3, -0.25) is 0 Å². The normalized spacial score (nSPS) is 23.0. The van der Waals surface area contributed by atoms with Crippen LogP contribution in [0.15, 0.2) is 18.2 Å². The summed E-state index contributed by atoms with van der Waals surface area (Å²) in [6.07, 6.45) is 0.846. The van der Waals surface area contributed by atoms with Crippen molar-refractivity contribution in [3.05, 3.63) is 23.8 Å². The van der Waals surface area contributed by atoms with E-state index >= 15 is 0 Å². The highest BCUT2D eigenvalue weighted by molar-refractivity contribution is 5.64. The predicted molar refractivity (Wildman–Crippen MR) is 65.5 cm³/mol. The van der Waals surface area contributed by atoms with Crippen LogP contribution in [0.25, 0.3) is 11.4 Å². The third-order valence-electron chi connectivity index (χ3n) is 3.18. The molecule has 3 rings (SSSR count). The van der Waals surface area contributed by atoms with Crippen LogP contribution >= 0.6 is 0 Å². The van der Waals surface area contributed by atoms with Gasteiger partial charge >= 0.3 is 0 Å². The van der Waals surface area contributed by atoms with Crippen molar-refractivity contribution in [2.45, 2.75) is 25.1 Å². The number of aromatic amines is 1. The minimum Gasteiger partial charge on any atom is -0.372 e. The fourth-order valence-corrected chi connectivity index (χ4v) is 2.12. The molecule has 0 aliphatic carbocycles. The number of aryl methyl sites for hydroxylation is 1. The topological polar surface area (TPSA) is 113 Å². The van der Waals surface area contributed by atoms with Crippen molar-refractivity contribution in [3.8, 4) is 11.4 Å². The zero-order valence-electron chi connectivity index (χ0n) is 9.67. The largest absolute Gasteiger partial charge is 0.372 e. The summed E-state index contributed by atoms with van der Waals surface area (Å²) in [7, 11) is 0. The van der Waals surface area contributed by atoms with Gasteiger partial charge in [0.25, 0.3) is 0 Å². The van der Waals surface area contributed by atoms with Gasteiger partial charge in [0.15, 0.2) is 5.82 Å². The number of aromatic nitrogens is 4. The molecule has 2 heterocycles. The highest BCUT2D eigenvalue weighted by Crippen LogP contribution is 2.27. The Balaban J connectivity index is 1.97. The summed E-state index contributed by atoms with van der Waals surface area (Å²) in [6, 6.07) is 5.56. The van der Waals surface area contributed by atoms with Crippen molar-refractivity contribution in [1.82, 2.24) is 20.6 Å². The van der Waals surface area contributed by atoms with Crippen molar-refractivity contribution < 1.29 is 5.11 Å². The molecule has 18 heavy (non-hydrogen) atoms. The highest BCUT2D eigenvalue weighted by atomic mass is 16.3. The van der Waals surface area contributed by atoms with Gasteiger partial charge < -0.3 is 16.2 Å². The Hall–Kier alpha value is -1.99. The van der Waals surface area contributed by atoms with E-state index in [1.807, 2.05) is 18.2 Å². The summed E-state index contributed by atoms with van der Waals surface area (Å²) < 4.78 is 0. The number of anilines is 1. The molecular formula is C11H14N6O. The standard InChI is InChI=1S/C11H14N6O/c12-8-3-1-6-5-7(10-14-16-17-15-10)2-4-9(6)13-11(8)18/h2,4-5,8,11,13,18H,1,3,12H2,(H,14,15,16,17)/t8-,11?/m0/s1. The third-order valence-corrected chi connectivity index (χ3v) is 3.18. The van der Waals surface area contributed by atoms with E-state index in [2.05, 4.69) is 25.9 Å². The van der Waals surface area contributed by atoms with Gasteiger partial charge in [0.2, 0.25) is 0 Å². The van der Waals surface area contributed by atoms with E-state index in [0.29, 0.717) is 5.82 Å². The summed E-state index contributed by atoms with van der Waals surface area (Å²) in [5, 5.41) is 26.5. The molecule has 1 unspecified atom stereocenters. The Bertz CT molecular complexity index is 540. The molecule has 0 fully saturated rings. The van der Waals surface area contributed by atoms with E-state index in [0.717, 1.165) is 29.7 Å². The summed E-state index contributed by atoms with van der Waals surface area (Å²) in [5.74, 6) is 0.631. The Morgan fingerprint density at radius 2 is 2.28 bits per heavy atom. The van der Waals surface area contributed by atoms with Crippen LogP contribution in [0.1, 0.15) is 12.0 Å². The van der Waals surface area contributed by atoms with Crippen LogP contribution in [0.3, 0.4) is 0 Å². The minimum atomic E-state index is -0.705. The Kier molecular flexibility index (Phi) is 2.69. The number of aliphatic hydroxyl groups excluding tert-OH is 1. The van der Waals surface area contributed by atoms with Crippen LogP contribution in [-0.2, 0) is 6.42 Å². The molecule has 5 N–H and O–H groups in total. The van der Waals surface area contributed by atoms with Crippen molar-refractivity contribution in [3.63, 3.8) is 0 Å². The second kappa shape index (κ2) is 4.35. The van der Waals surface area contributed by atoms with Crippen molar-refractivity contribution in [1.29, 1.82) is 0 Å². The molecule has 1 aliphatic rings. The molecule has 2 aromatic rings. The predicted octanol–water partition coefficient (Wildman–Crippen LogP) is -0.130. The number of tetrazole rings is 1. The smallest absolute Gasteiger partial charge is 0.179 e. The van der Waals surface area contributed by atoms with Crippen molar-refractivity contribution >= 4 is 5.69 Å². The number of nitrogens with one attached hydrogen (secondary N) is 2. The van der Waals surface area contributed by atoms with E-state index < -0.39 is 6.23 Å². The highest BCUT2D eigenvalue weighted by Gasteiger charge is 2.20. The van der Waals surface area contributed by atoms with Crippen LogP contribution in [0.4, 0.5) is 5.69 Å². The minimum absolute atomic E-state index is 0.257. The lowest BCUT2D eigenvalue weighted by molar-refractivity contribution is 0.170. The number of nitrogens with zero attached hydrogens (tertiary/aromatic N) is 3. The Morgan fingerprint density at radius 3 is 3.06 bits per heavy atom. The molecule has 0 spiro atoms. The molecule has 1 aromatic carbocycles. The average molecular weight is 246 g/mol. The van der Waals surface area contributed by atoms with Gasteiger partial charge in [0, 0.05) is 17.3 Å². The van der Waals surface area contributed by atoms with Gasteiger partial charge in [0.05, 0.1) is 0 Å². The summed E-state index contributed by atoms with van der Waals surface area (Å²) in [5.41, 5.74) is 8.78. The molecule has 2 atom stereocenters. The van der Waals surface area contributed by atoms with Gasteiger partial charge in [-0.15, -0.1) is 5.10 Å². The zero-order chi connectivity index (χ0) is 12.5. The van der Waals surface area contributed by atoms with E-state index in [1.54, 1.807) is 0 Å². The molecule has 1 aromatic heterocycles. The Labute approximate surface area is 103 Å². The number of hydrogen-bond donors (Lipinski definition) is 4. The van der Waals surface area contributed by atoms with Gasteiger partial charge in [-0.25, -0.2) is 5.10 Å². The fourth-order valence-electron chi connectivity index (χ4n) is 2.12. The molecule has 7 heteroatoms. The van der Waals surface area contributed by atoms with Crippen LogP contribution in [-0.4, -0.2) is 38.0 Å². The molecular weight excluding hydrogens is 232 g/mol. The summed E-state index contributed by atoms with van der Waals surface area (Å²) in [4.78, 5) is 0. The van der Waals surface area contributed by atoms with E-state index in [9.17, 15) is 5.11 Å². The van der Waals surface area contributed by atoms with Crippen molar-refractivity contribution in [2.24, 2.45) is 5.73 Å². The second-order valence-electron chi connectivity index (χ2n) is 4.41. The first kappa shape index (κ1) is 11.1. The first-order valence-corrected chi connectivity index (χ1v) is 5.81. The van der Waals surface area contributed by atoms with Crippen LogP contribution < -0.4 is 11.1 Å². The van der Waals surface area contributed by atoms with E-state index in [4.69, 9.17) is 5.73 Å². The summed E-state index contributed by atoms with van der Waals surface area (Å²) >= 11 is 0. The fraction of sp³-hybridized carbons (Fsp3) is 0.364. The van der Waals surface area contributed by atoms with Gasteiger partial charge in [-0.2, -0.15) is 0 Å². The number of rotatable bonds is 1. The lowest BCUT2D eigenvalue weighted by atomic mass is 10.0. The quantitative estimate of drug-likeness (QED) is 0.557. The van der Waals surface area contributed by atoms with E-state index in [-0.39, 0.29) is 6.04 Å². The first-order valence-electron chi connectivity index (χ1n) is 5.81. The number of aliphatic hydroxyl groups is 1. The number of nitrogens with two attached hydrogens (primary N) is 1. The number of benzene rings is 1. The lowest BCUT2D eigenvalue weighted by Gasteiger charge is -2.17. The molecule has 0 saturated heterocycles. The lowest BCUT2D eigenvalue weighted by Crippen LogP contribution is -2.39. The molecule has 0 saturated carbocycles. The maximum atomic E-state index is 9.78. The molecule has 1 aliphatic heterocycles. The van der Waals surface area contributed by atoms with Crippen molar-refractivity contribution in [2.75, 3.05) is 5.32 Å². The molecule has 0 amide bonds. The van der Waals surface area contributed by atoms with Crippen LogP contribution in [0.5, 0.6) is 0 Å². The molecule has 94 valence electrons. The average Bonchev–Trinajstić information content (AvgIpc) is 2.86. The number of fused-ring (bicyclic) bond motifs is 1. The van der Waals surface area contributed by atoms with Gasteiger partial charge in [-0.05, 0) is 47.0 Å². The Morgan fingerprint density at radius 1 is 1.39 bits per heavy atom. The third kappa shape index (κ3) is 1.93. The summed E-state index contributed by atoms with van der Waals surface area (Å²) in [6.45, 7) is 0. The maximum absolute atomic E-state index is 9.78. The van der Waals surface area contributed by atoms with Crippen LogP contribution in [0, 0.1) is 0 Å². The zero-order valence-corrected chi connectivity index (χ0v) is 9.67. The first-order chi connectivity index (χ1) is 8.74. The molecule has 0 bridgehead atoms. The SMILES string of the molecule is N[C@H]1CCc2cc(-c3nnn[nH]3)ccc2NC1O. The van der Waals surface area contributed by atoms with Gasteiger partial charge in [0.1, 0.15) is 6.23 Å². The second-order valence-corrected chi connectivity index (χ2v) is 4.41. The number of H-pyrrole nitrogens is 1. The monoisotopic (exact) mass is 246 g/mol. The molecule has 7 nitrogen and oxygen atoms in total. The van der Waals surface area contributed by atoms with Gasteiger partial charge in [-0.1, -0.05) is 0 Å². The maximum Gasteiger partial charge on any atom is 0.179 e. The van der Waals surface area contributed by atoms with E-state index in [1.165, 1.54) is 0 Å². The molecule has 0 radical (unpaired) electrons. The number of hydrogen-bond acceptors (Lipinski definition) is 6.